The summed E-state index contributed by atoms with van der Waals surface area (Å²) in [5.74, 6) is 1.32. The lowest BCUT2D eigenvalue weighted by atomic mass is 9.95. The Kier molecular flexibility index (Phi) is 3.25. The highest BCUT2D eigenvalue weighted by molar-refractivity contribution is 6.39. The van der Waals surface area contributed by atoms with Crippen molar-refractivity contribution in [3.05, 3.63) is 33.8 Å². The number of fused-ring (bicyclic) bond motifs is 2. The van der Waals surface area contributed by atoms with Crippen molar-refractivity contribution in [1.82, 2.24) is 5.32 Å². The largest absolute Gasteiger partial charge is 0.349 e. The van der Waals surface area contributed by atoms with Gasteiger partial charge in [0.1, 0.15) is 0 Å². The van der Waals surface area contributed by atoms with Crippen LogP contribution in [0.25, 0.3) is 0 Å². The number of nitrogens with one attached hydrogen (secondary N) is 1. The van der Waals surface area contributed by atoms with E-state index in [9.17, 15) is 4.79 Å². The van der Waals surface area contributed by atoms with Crippen molar-refractivity contribution in [3.8, 4) is 0 Å². The zero-order chi connectivity index (χ0) is 12.7. The van der Waals surface area contributed by atoms with Crippen molar-refractivity contribution < 1.29 is 4.79 Å². The van der Waals surface area contributed by atoms with Gasteiger partial charge < -0.3 is 5.32 Å². The van der Waals surface area contributed by atoms with Crippen LogP contribution in [0, 0.1) is 11.8 Å². The van der Waals surface area contributed by atoms with Gasteiger partial charge in [0.25, 0.3) is 5.91 Å². The maximum absolute atomic E-state index is 12.2. The highest BCUT2D eigenvalue weighted by Crippen LogP contribution is 2.44. The van der Waals surface area contributed by atoms with E-state index in [4.69, 9.17) is 23.2 Å². The molecular weight excluding hydrogens is 269 g/mol. The van der Waals surface area contributed by atoms with Crippen LogP contribution < -0.4 is 5.32 Å². The topological polar surface area (TPSA) is 29.1 Å². The molecule has 4 heteroatoms. The van der Waals surface area contributed by atoms with Crippen molar-refractivity contribution in [2.45, 2.75) is 31.7 Å². The lowest BCUT2D eigenvalue weighted by molar-refractivity contribution is 0.0923. The molecule has 2 aliphatic rings. The highest BCUT2D eigenvalue weighted by Gasteiger charge is 2.40. The SMILES string of the molecule is O=C(N[C@@H]1C[C@H]2CC[C@H]1C2)c1c(Cl)cccc1Cl. The van der Waals surface area contributed by atoms with E-state index in [1.165, 1.54) is 19.3 Å². The van der Waals surface area contributed by atoms with E-state index < -0.39 is 0 Å². The summed E-state index contributed by atoms with van der Waals surface area (Å²) in [6.07, 6.45) is 4.94. The molecule has 2 aliphatic carbocycles. The van der Waals surface area contributed by atoms with Gasteiger partial charge in [-0.15, -0.1) is 0 Å². The van der Waals surface area contributed by atoms with Crippen molar-refractivity contribution in [1.29, 1.82) is 0 Å². The third-order valence-corrected chi connectivity index (χ3v) is 4.87. The number of rotatable bonds is 2. The smallest absolute Gasteiger partial charge is 0.254 e. The number of halogens is 2. The minimum atomic E-state index is -0.136. The molecule has 3 atom stereocenters. The van der Waals surface area contributed by atoms with Crippen LogP contribution in [0.1, 0.15) is 36.0 Å². The Morgan fingerprint density at radius 2 is 1.89 bits per heavy atom. The van der Waals surface area contributed by atoms with Crippen molar-refractivity contribution in [3.63, 3.8) is 0 Å². The molecule has 2 nitrogen and oxygen atoms in total. The zero-order valence-corrected chi connectivity index (χ0v) is 11.5. The summed E-state index contributed by atoms with van der Waals surface area (Å²) in [6.45, 7) is 0. The first-order valence-corrected chi connectivity index (χ1v) is 7.15. The van der Waals surface area contributed by atoms with Crippen LogP contribution in [0.4, 0.5) is 0 Å². The normalized spacial score (nSPS) is 29.6. The molecule has 1 aromatic carbocycles. The first-order chi connectivity index (χ1) is 8.65. The predicted octanol–water partition coefficient (Wildman–Crippen LogP) is 3.91. The number of carbonyl (C=O) groups is 1. The minimum absolute atomic E-state index is 0.136. The fourth-order valence-corrected chi connectivity index (χ4v) is 3.95. The minimum Gasteiger partial charge on any atom is -0.349 e. The molecule has 2 fully saturated rings. The first kappa shape index (κ1) is 12.3. The third kappa shape index (κ3) is 2.12. The van der Waals surface area contributed by atoms with E-state index in [0.717, 1.165) is 12.3 Å². The van der Waals surface area contributed by atoms with Gasteiger partial charge in [-0.2, -0.15) is 0 Å². The molecule has 0 spiro atoms. The fraction of sp³-hybridized carbons (Fsp3) is 0.500. The predicted molar refractivity (Wildman–Crippen MR) is 73.2 cm³/mol. The van der Waals surface area contributed by atoms with E-state index in [0.29, 0.717) is 27.6 Å². The molecule has 3 rings (SSSR count). The summed E-state index contributed by atoms with van der Waals surface area (Å²) in [7, 11) is 0. The summed E-state index contributed by atoms with van der Waals surface area (Å²) in [5.41, 5.74) is 0.406. The van der Waals surface area contributed by atoms with Gasteiger partial charge in [-0.3, -0.25) is 4.79 Å². The van der Waals surface area contributed by atoms with E-state index in [1.54, 1.807) is 18.2 Å². The second kappa shape index (κ2) is 4.75. The van der Waals surface area contributed by atoms with Gasteiger partial charge in [-0.1, -0.05) is 35.7 Å². The molecule has 1 amide bonds. The number of benzene rings is 1. The first-order valence-electron chi connectivity index (χ1n) is 6.40. The van der Waals surface area contributed by atoms with Crippen LogP contribution >= 0.6 is 23.2 Å². The molecule has 18 heavy (non-hydrogen) atoms. The second-order valence-electron chi connectivity index (χ2n) is 5.35. The zero-order valence-electron chi connectivity index (χ0n) is 9.96. The summed E-state index contributed by atoms with van der Waals surface area (Å²) >= 11 is 12.1. The van der Waals surface area contributed by atoms with E-state index in [2.05, 4.69) is 5.32 Å². The van der Waals surface area contributed by atoms with E-state index in [1.807, 2.05) is 0 Å². The molecule has 1 aromatic rings. The summed E-state index contributed by atoms with van der Waals surface area (Å²) in [4.78, 5) is 12.2. The third-order valence-electron chi connectivity index (χ3n) is 4.24. The molecule has 0 aromatic heterocycles. The maximum Gasteiger partial charge on any atom is 0.254 e. The van der Waals surface area contributed by atoms with Gasteiger partial charge in [-0.25, -0.2) is 0 Å². The number of hydrogen-bond acceptors (Lipinski definition) is 1. The van der Waals surface area contributed by atoms with Crippen LogP contribution in [0.5, 0.6) is 0 Å². The summed E-state index contributed by atoms with van der Waals surface area (Å²) in [5, 5.41) is 3.94. The molecule has 2 bridgehead atoms. The van der Waals surface area contributed by atoms with Crippen molar-refractivity contribution in [2.24, 2.45) is 11.8 Å². The Morgan fingerprint density at radius 1 is 1.17 bits per heavy atom. The van der Waals surface area contributed by atoms with E-state index in [-0.39, 0.29) is 5.91 Å². The van der Waals surface area contributed by atoms with Gasteiger partial charge in [0.05, 0.1) is 15.6 Å². The quantitative estimate of drug-likeness (QED) is 0.876. The Bertz CT molecular complexity index is 468. The molecule has 0 saturated heterocycles. The number of amides is 1. The van der Waals surface area contributed by atoms with Gasteiger partial charge in [0.15, 0.2) is 0 Å². The average Bonchev–Trinajstić information content (AvgIpc) is 2.90. The Morgan fingerprint density at radius 3 is 2.44 bits per heavy atom. The molecule has 0 radical (unpaired) electrons. The molecular formula is C14H15Cl2NO. The fourth-order valence-electron chi connectivity index (χ4n) is 3.38. The van der Waals surface area contributed by atoms with Gasteiger partial charge >= 0.3 is 0 Å². The molecule has 0 unspecified atom stereocenters. The maximum atomic E-state index is 12.2. The van der Waals surface area contributed by atoms with Crippen LogP contribution in [0.3, 0.4) is 0 Å². The monoisotopic (exact) mass is 283 g/mol. The Balaban J connectivity index is 1.75. The molecule has 1 N–H and O–H groups in total. The lowest BCUT2D eigenvalue weighted by Crippen LogP contribution is -2.38. The van der Waals surface area contributed by atoms with Crippen LogP contribution in [-0.4, -0.2) is 11.9 Å². The van der Waals surface area contributed by atoms with Crippen molar-refractivity contribution in [2.75, 3.05) is 0 Å². The molecule has 0 heterocycles. The molecule has 0 aliphatic heterocycles. The second-order valence-corrected chi connectivity index (χ2v) is 6.17. The highest BCUT2D eigenvalue weighted by atomic mass is 35.5. The molecule has 96 valence electrons. The van der Waals surface area contributed by atoms with Crippen molar-refractivity contribution >= 4 is 29.1 Å². The number of carbonyl (C=O) groups excluding carboxylic acids is 1. The van der Waals surface area contributed by atoms with Gasteiger partial charge in [0.2, 0.25) is 0 Å². The van der Waals surface area contributed by atoms with Crippen LogP contribution in [0.2, 0.25) is 10.0 Å². The molecule has 2 saturated carbocycles. The Labute approximate surface area is 117 Å². The van der Waals surface area contributed by atoms with Crippen LogP contribution in [-0.2, 0) is 0 Å². The Hall–Kier alpha value is -0.730. The summed E-state index contributed by atoms with van der Waals surface area (Å²) < 4.78 is 0. The lowest BCUT2D eigenvalue weighted by Gasteiger charge is -2.23. The van der Waals surface area contributed by atoms with Crippen LogP contribution in [0.15, 0.2) is 18.2 Å². The van der Waals surface area contributed by atoms with Gasteiger partial charge in [-0.05, 0) is 43.2 Å². The number of hydrogen-bond donors (Lipinski definition) is 1. The van der Waals surface area contributed by atoms with Gasteiger partial charge in [0, 0.05) is 6.04 Å². The summed E-state index contributed by atoms with van der Waals surface area (Å²) in [6, 6.07) is 5.45. The average molecular weight is 284 g/mol. The van der Waals surface area contributed by atoms with E-state index >= 15 is 0 Å². The standard InChI is InChI=1S/C14H15Cl2NO/c15-10-2-1-3-11(16)13(10)14(18)17-12-7-8-4-5-9(12)6-8/h1-3,8-9,12H,4-7H2,(H,17,18)/t8-,9-,12+/m0/s1.